The normalized spacial score (nSPS) is 12.5. The van der Waals surface area contributed by atoms with Crippen LogP contribution in [-0.4, -0.2) is 45.6 Å². The number of hydrogen-bond donors (Lipinski definition) is 0. The van der Waals surface area contributed by atoms with Gasteiger partial charge in [0, 0.05) is 44.0 Å². The molecule has 0 radical (unpaired) electrons. The molecule has 0 bridgehead atoms. The average molecular weight is 518 g/mol. The lowest BCUT2D eigenvalue weighted by Crippen LogP contribution is -2.33. The molecule has 2 aromatic rings. The number of ether oxygens (including phenoxy) is 4. The van der Waals surface area contributed by atoms with Crippen molar-refractivity contribution in [1.29, 1.82) is 0 Å². The largest absolute Gasteiger partial charge is 0.467 e. The van der Waals surface area contributed by atoms with Gasteiger partial charge in [-0.3, -0.25) is 4.67 Å². The zero-order valence-electron chi connectivity index (χ0n) is 24.7. The Morgan fingerprint density at radius 1 is 0.667 bits per heavy atom. The van der Waals surface area contributed by atoms with Crippen molar-refractivity contribution in [2.45, 2.75) is 80.1 Å². The van der Waals surface area contributed by atoms with E-state index in [4.69, 9.17) is 18.9 Å². The minimum Gasteiger partial charge on any atom is -0.467 e. The quantitative estimate of drug-likeness (QED) is 0.250. The molecule has 202 valence electrons. The van der Waals surface area contributed by atoms with Crippen LogP contribution >= 0.6 is 8.07 Å². The molecule has 0 aliphatic heterocycles. The molecule has 0 amide bonds. The molecule has 0 atom stereocenters. The summed E-state index contributed by atoms with van der Waals surface area (Å²) in [5.74, 6) is 1.84. The highest BCUT2D eigenvalue weighted by Gasteiger charge is 2.33. The maximum absolute atomic E-state index is 6.39. The molecule has 0 saturated heterocycles. The third-order valence-electron chi connectivity index (χ3n) is 6.15. The van der Waals surface area contributed by atoms with E-state index in [-0.39, 0.29) is 24.4 Å². The number of hydrogen-bond acceptors (Lipinski definition) is 5. The average Bonchev–Trinajstić information content (AvgIpc) is 2.78. The van der Waals surface area contributed by atoms with Crippen LogP contribution in [0.5, 0.6) is 11.5 Å². The van der Waals surface area contributed by atoms with E-state index in [0.29, 0.717) is 0 Å². The van der Waals surface area contributed by atoms with Crippen LogP contribution in [0.15, 0.2) is 24.3 Å². The fourth-order valence-electron chi connectivity index (χ4n) is 4.42. The highest BCUT2D eigenvalue weighted by atomic mass is 31.1. The second-order valence-corrected chi connectivity index (χ2v) is 13.5. The molecule has 0 N–H and O–H groups in total. The van der Waals surface area contributed by atoms with Gasteiger partial charge < -0.3 is 18.9 Å². The topological polar surface area (TPSA) is 40.2 Å². The summed E-state index contributed by atoms with van der Waals surface area (Å²) < 4.78 is 26.1. The first-order valence-electron chi connectivity index (χ1n) is 12.9. The van der Waals surface area contributed by atoms with Crippen molar-refractivity contribution in [2.75, 3.05) is 40.9 Å². The summed E-state index contributed by atoms with van der Waals surface area (Å²) in [7, 11) is 2.37. The molecule has 0 aromatic heterocycles. The van der Waals surface area contributed by atoms with Gasteiger partial charge in [-0.1, -0.05) is 67.5 Å². The predicted molar refractivity (Wildman–Crippen MR) is 154 cm³/mol. The van der Waals surface area contributed by atoms with Gasteiger partial charge in [0.15, 0.2) is 13.6 Å². The summed E-state index contributed by atoms with van der Waals surface area (Å²) in [5, 5.41) is 2.40. The number of methoxy groups -OCH3 is 2. The SMILES string of the molecule is CCN(CC)P(c1cc(C)cc(C(C)(C)C)c1OCOC)c1cc(C)cc(C(C)(C)C)c1OCOC. The molecule has 0 aliphatic carbocycles. The molecule has 36 heavy (non-hydrogen) atoms. The number of benzene rings is 2. The molecule has 0 fully saturated rings. The minimum absolute atomic E-state index is 0.0906. The van der Waals surface area contributed by atoms with Gasteiger partial charge in [0.05, 0.1) is 0 Å². The molecular formula is C30H48NO4P. The molecule has 2 aromatic carbocycles. The van der Waals surface area contributed by atoms with E-state index in [0.717, 1.165) is 24.6 Å². The van der Waals surface area contributed by atoms with Crippen LogP contribution in [0.4, 0.5) is 0 Å². The molecule has 5 nitrogen and oxygen atoms in total. The number of rotatable bonds is 11. The van der Waals surface area contributed by atoms with Gasteiger partial charge in [-0.25, -0.2) is 0 Å². The van der Waals surface area contributed by atoms with Crippen LogP contribution in [0.2, 0.25) is 0 Å². The van der Waals surface area contributed by atoms with Gasteiger partial charge >= 0.3 is 0 Å². The van der Waals surface area contributed by atoms with Gasteiger partial charge in [0.25, 0.3) is 0 Å². The Bertz CT molecular complexity index is 928. The summed E-state index contributed by atoms with van der Waals surface area (Å²) >= 11 is 0. The van der Waals surface area contributed by atoms with E-state index in [2.05, 4.69) is 98.2 Å². The fourth-order valence-corrected chi connectivity index (χ4v) is 7.26. The van der Waals surface area contributed by atoms with E-state index in [1.807, 2.05) is 0 Å². The Morgan fingerprint density at radius 2 is 1.03 bits per heavy atom. The van der Waals surface area contributed by atoms with Crippen molar-refractivity contribution in [3.63, 3.8) is 0 Å². The first-order valence-corrected chi connectivity index (χ1v) is 14.2. The molecule has 0 heterocycles. The molecule has 2 rings (SSSR count). The maximum Gasteiger partial charge on any atom is 0.188 e. The monoisotopic (exact) mass is 517 g/mol. The van der Waals surface area contributed by atoms with Gasteiger partial charge in [-0.05, 0) is 61.0 Å². The van der Waals surface area contributed by atoms with Crippen molar-refractivity contribution >= 4 is 18.7 Å². The number of aryl methyl sites for hydroxylation is 2. The van der Waals surface area contributed by atoms with Crippen molar-refractivity contribution in [1.82, 2.24) is 4.67 Å². The van der Waals surface area contributed by atoms with Gasteiger partial charge in [0.1, 0.15) is 11.5 Å². The summed E-state index contributed by atoms with van der Waals surface area (Å²) in [6.45, 7) is 24.5. The highest BCUT2D eigenvalue weighted by Crippen LogP contribution is 2.48. The Labute approximate surface area is 221 Å². The highest BCUT2D eigenvalue weighted by molar-refractivity contribution is 7.71. The summed E-state index contributed by atoms with van der Waals surface area (Å²) in [4.78, 5) is 0. The first kappa shape index (κ1) is 30.6. The van der Waals surface area contributed by atoms with Crippen LogP contribution in [0.3, 0.4) is 0 Å². The number of nitrogens with zero attached hydrogens (tertiary/aromatic N) is 1. The molecule has 0 spiro atoms. The summed E-state index contributed by atoms with van der Waals surface area (Å²) in [6, 6.07) is 9.10. The van der Waals surface area contributed by atoms with E-state index in [1.165, 1.54) is 32.9 Å². The maximum atomic E-state index is 6.39. The summed E-state index contributed by atoms with van der Waals surface area (Å²) in [5.41, 5.74) is 4.65. The van der Waals surface area contributed by atoms with E-state index < -0.39 is 8.07 Å². The Hall–Kier alpha value is -1.65. The molecule has 6 heteroatoms. The van der Waals surface area contributed by atoms with Crippen LogP contribution in [0.1, 0.15) is 77.6 Å². The smallest absolute Gasteiger partial charge is 0.188 e. The van der Waals surface area contributed by atoms with E-state index >= 15 is 0 Å². The summed E-state index contributed by atoms with van der Waals surface area (Å²) in [6.07, 6.45) is 0. The second-order valence-electron chi connectivity index (χ2n) is 11.4. The Balaban J connectivity index is 3.03. The van der Waals surface area contributed by atoms with Crippen LogP contribution in [-0.2, 0) is 20.3 Å². The second kappa shape index (κ2) is 12.7. The lowest BCUT2D eigenvalue weighted by atomic mass is 9.85. The first-order chi connectivity index (χ1) is 16.8. The van der Waals surface area contributed by atoms with Crippen molar-refractivity contribution in [3.05, 3.63) is 46.5 Å². The lowest BCUT2D eigenvalue weighted by molar-refractivity contribution is 0.0505. The fraction of sp³-hybridized carbons (Fsp3) is 0.600. The molecule has 0 saturated carbocycles. The molecule has 0 aliphatic rings. The third-order valence-corrected chi connectivity index (χ3v) is 8.86. The predicted octanol–water partition coefficient (Wildman–Crippen LogP) is 6.55. The standard InChI is InChI=1S/C30H48NO4P/c1-13-31(14-2)36(25-17-21(3)15-23(29(5,6)7)27(25)34-19-32-11)26-18-22(4)16-24(30(8,9)10)28(26)35-20-33-12/h15-18H,13-14,19-20H2,1-12H3. The molecule has 0 unspecified atom stereocenters. The van der Waals surface area contributed by atoms with Crippen LogP contribution in [0, 0.1) is 13.8 Å². The zero-order valence-corrected chi connectivity index (χ0v) is 25.6. The Kier molecular flexibility index (Phi) is 10.8. The van der Waals surface area contributed by atoms with Gasteiger partial charge in [-0.2, -0.15) is 0 Å². The Morgan fingerprint density at radius 3 is 1.31 bits per heavy atom. The van der Waals surface area contributed by atoms with E-state index in [9.17, 15) is 0 Å². The minimum atomic E-state index is -0.976. The third kappa shape index (κ3) is 7.22. The van der Waals surface area contributed by atoms with Crippen molar-refractivity contribution in [2.24, 2.45) is 0 Å². The molecular weight excluding hydrogens is 469 g/mol. The van der Waals surface area contributed by atoms with Crippen LogP contribution < -0.4 is 20.1 Å². The van der Waals surface area contributed by atoms with Crippen molar-refractivity contribution in [3.8, 4) is 11.5 Å². The lowest BCUT2D eigenvalue weighted by Gasteiger charge is -2.36. The van der Waals surface area contributed by atoms with Crippen molar-refractivity contribution < 1.29 is 18.9 Å². The van der Waals surface area contributed by atoms with Gasteiger partial charge in [0.2, 0.25) is 0 Å². The zero-order chi connectivity index (χ0) is 27.3. The van der Waals surface area contributed by atoms with Gasteiger partial charge in [-0.15, -0.1) is 0 Å². The van der Waals surface area contributed by atoms with Crippen LogP contribution in [0.25, 0.3) is 0 Å². The van der Waals surface area contributed by atoms with E-state index in [1.54, 1.807) is 14.2 Å².